The van der Waals surface area contributed by atoms with Gasteiger partial charge in [0.2, 0.25) is 11.8 Å². The van der Waals surface area contributed by atoms with Crippen molar-refractivity contribution in [3.05, 3.63) is 22.7 Å². The molecule has 5 nitrogen and oxygen atoms in total. The van der Waals surface area contributed by atoms with Gasteiger partial charge in [-0.25, -0.2) is 9.37 Å². The molecule has 17 heavy (non-hydrogen) atoms. The number of hydrogen-bond acceptors (Lipinski definition) is 3. The standard InChI is InChI=1S/C10H9BrFN3O2/c11-9-7(2-6(12)3-14-9)15-4-5(10(13)17)1-8(15)16/h2-3,5H,1,4H2,(H2,13,17). The minimum absolute atomic E-state index is 0.0539. The number of pyridine rings is 1. The Kier molecular flexibility index (Phi) is 3.10. The molecule has 1 atom stereocenters. The smallest absolute Gasteiger partial charge is 0.227 e. The molecule has 0 aromatic carbocycles. The van der Waals surface area contributed by atoms with Crippen LogP contribution in [0.4, 0.5) is 10.1 Å². The molecule has 2 amide bonds. The van der Waals surface area contributed by atoms with E-state index in [9.17, 15) is 14.0 Å². The molecule has 0 saturated carbocycles. The Morgan fingerprint density at radius 1 is 1.65 bits per heavy atom. The molecular weight excluding hydrogens is 293 g/mol. The molecule has 2 N–H and O–H groups in total. The molecule has 90 valence electrons. The lowest BCUT2D eigenvalue weighted by Crippen LogP contribution is -2.28. The molecule has 1 aliphatic heterocycles. The van der Waals surface area contributed by atoms with Crippen molar-refractivity contribution >= 4 is 33.4 Å². The number of primary amides is 1. The molecule has 0 radical (unpaired) electrons. The molecule has 1 aromatic rings. The molecule has 0 spiro atoms. The average molecular weight is 302 g/mol. The third kappa shape index (κ3) is 2.28. The second-order valence-electron chi connectivity index (χ2n) is 3.77. The highest BCUT2D eigenvalue weighted by atomic mass is 79.9. The van der Waals surface area contributed by atoms with Crippen LogP contribution in [0.25, 0.3) is 0 Å². The van der Waals surface area contributed by atoms with E-state index in [1.54, 1.807) is 0 Å². The molecule has 1 aliphatic rings. The summed E-state index contributed by atoms with van der Waals surface area (Å²) in [5, 5.41) is 0. The third-order valence-electron chi connectivity index (χ3n) is 2.61. The van der Waals surface area contributed by atoms with E-state index < -0.39 is 17.6 Å². The molecule has 0 aliphatic carbocycles. The molecule has 0 bridgehead atoms. The topological polar surface area (TPSA) is 76.3 Å². The van der Waals surface area contributed by atoms with Gasteiger partial charge in [0.15, 0.2) is 0 Å². The molecular formula is C10H9BrFN3O2. The molecule has 1 aromatic heterocycles. The number of carbonyl (C=O) groups is 2. The predicted molar refractivity (Wildman–Crippen MR) is 61.5 cm³/mol. The Morgan fingerprint density at radius 3 is 2.94 bits per heavy atom. The quantitative estimate of drug-likeness (QED) is 0.822. The van der Waals surface area contributed by atoms with Gasteiger partial charge in [0.1, 0.15) is 10.4 Å². The van der Waals surface area contributed by atoms with Crippen molar-refractivity contribution in [1.29, 1.82) is 0 Å². The molecule has 1 unspecified atom stereocenters. The average Bonchev–Trinajstić information content (AvgIpc) is 2.64. The van der Waals surface area contributed by atoms with Crippen LogP contribution in [0.2, 0.25) is 0 Å². The van der Waals surface area contributed by atoms with Gasteiger partial charge < -0.3 is 10.6 Å². The van der Waals surface area contributed by atoms with E-state index in [0.29, 0.717) is 10.3 Å². The molecule has 1 fully saturated rings. The van der Waals surface area contributed by atoms with Crippen molar-refractivity contribution in [1.82, 2.24) is 4.98 Å². The Hall–Kier alpha value is -1.50. The lowest BCUT2D eigenvalue weighted by Gasteiger charge is -2.17. The number of amides is 2. The maximum absolute atomic E-state index is 13.1. The maximum Gasteiger partial charge on any atom is 0.227 e. The van der Waals surface area contributed by atoms with Crippen molar-refractivity contribution in [2.75, 3.05) is 11.4 Å². The zero-order valence-electron chi connectivity index (χ0n) is 8.69. The Morgan fingerprint density at radius 2 is 2.35 bits per heavy atom. The van der Waals surface area contributed by atoms with E-state index in [-0.39, 0.29) is 18.9 Å². The van der Waals surface area contributed by atoms with E-state index in [2.05, 4.69) is 20.9 Å². The summed E-state index contributed by atoms with van der Waals surface area (Å²) < 4.78 is 13.4. The van der Waals surface area contributed by atoms with Gasteiger partial charge in [0.25, 0.3) is 0 Å². The van der Waals surface area contributed by atoms with Crippen LogP contribution in [-0.2, 0) is 9.59 Å². The number of hydrogen-bond donors (Lipinski definition) is 1. The first-order valence-electron chi connectivity index (χ1n) is 4.89. The number of carbonyl (C=O) groups excluding carboxylic acids is 2. The zero-order valence-corrected chi connectivity index (χ0v) is 10.3. The first-order chi connectivity index (χ1) is 7.99. The molecule has 7 heteroatoms. The van der Waals surface area contributed by atoms with Crippen molar-refractivity contribution in [2.24, 2.45) is 11.7 Å². The highest BCUT2D eigenvalue weighted by Gasteiger charge is 2.35. The number of rotatable bonds is 2. The highest BCUT2D eigenvalue weighted by Crippen LogP contribution is 2.30. The molecule has 1 saturated heterocycles. The first kappa shape index (κ1) is 12.0. The molecule has 2 rings (SSSR count). The Bertz CT molecular complexity index is 494. The predicted octanol–water partition coefficient (Wildman–Crippen LogP) is 0.821. The zero-order chi connectivity index (χ0) is 12.6. The van der Waals surface area contributed by atoms with Crippen molar-refractivity contribution in [3.8, 4) is 0 Å². The summed E-state index contributed by atoms with van der Waals surface area (Å²) in [5.41, 5.74) is 5.47. The minimum Gasteiger partial charge on any atom is -0.369 e. The SMILES string of the molecule is NC(=O)C1CC(=O)N(c2cc(F)cnc2Br)C1. The van der Waals surface area contributed by atoms with Crippen LogP contribution in [-0.4, -0.2) is 23.3 Å². The van der Waals surface area contributed by atoms with Gasteiger partial charge in [-0.1, -0.05) is 0 Å². The third-order valence-corrected chi connectivity index (χ3v) is 3.22. The maximum atomic E-state index is 13.1. The van der Waals surface area contributed by atoms with Gasteiger partial charge in [-0.3, -0.25) is 9.59 Å². The largest absolute Gasteiger partial charge is 0.369 e. The van der Waals surface area contributed by atoms with Crippen LogP contribution in [0.15, 0.2) is 16.9 Å². The van der Waals surface area contributed by atoms with Crippen molar-refractivity contribution < 1.29 is 14.0 Å². The van der Waals surface area contributed by atoms with Crippen LogP contribution < -0.4 is 10.6 Å². The summed E-state index contributed by atoms with van der Waals surface area (Å²) in [6, 6.07) is 1.19. The lowest BCUT2D eigenvalue weighted by molar-refractivity contribution is -0.123. The number of nitrogens with zero attached hydrogens (tertiary/aromatic N) is 2. The lowest BCUT2D eigenvalue weighted by atomic mass is 10.1. The van der Waals surface area contributed by atoms with Crippen LogP contribution in [0.3, 0.4) is 0 Å². The van der Waals surface area contributed by atoms with E-state index in [1.165, 1.54) is 11.0 Å². The number of nitrogens with two attached hydrogens (primary N) is 1. The Labute approximate surface area is 105 Å². The number of halogens is 2. The van der Waals surface area contributed by atoms with Gasteiger partial charge >= 0.3 is 0 Å². The normalized spacial score (nSPS) is 19.8. The summed E-state index contributed by atoms with van der Waals surface area (Å²) >= 11 is 3.14. The van der Waals surface area contributed by atoms with E-state index in [1.807, 2.05) is 0 Å². The van der Waals surface area contributed by atoms with Crippen molar-refractivity contribution in [3.63, 3.8) is 0 Å². The summed E-state index contributed by atoms with van der Waals surface area (Å²) in [6.45, 7) is 0.165. The summed E-state index contributed by atoms with van der Waals surface area (Å²) in [5.74, 6) is -1.86. The van der Waals surface area contributed by atoms with Crippen LogP contribution in [0.5, 0.6) is 0 Å². The van der Waals surface area contributed by atoms with Gasteiger partial charge in [-0.15, -0.1) is 0 Å². The van der Waals surface area contributed by atoms with E-state index in [4.69, 9.17) is 5.73 Å². The van der Waals surface area contributed by atoms with Crippen LogP contribution in [0, 0.1) is 11.7 Å². The summed E-state index contributed by atoms with van der Waals surface area (Å²) in [6.07, 6.45) is 1.10. The number of anilines is 1. The van der Waals surface area contributed by atoms with Gasteiger partial charge in [-0.05, 0) is 15.9 Å². The minimum atomic E-state index is -0.543. The number of aromatic nitrogens is 1. The van der Waals surface area contributed by atoms with Gasteiger partial charge in [0.05, 0.1) is 17.8 Å². The second-order valence-corrected chi connectivity index (χ2v) is 4.52. The van der Waals surface area contributed by atoms with Crippen molar-refractivity contribution in [2.45, 2.75) is 6.42 Å². The monoisotopic (exact) mass is 301 g/mol. The Balaban J connectivity index is 2.32. The fourth-order valence-electron chi connectivity index (χ4n) is 1.73. The van der Waals surface area contributed by atoms with Gasteiger partial charge in [-0.2, -0.15) is 0 Å². The van der Waals surface area contributed by atoms with Crippen LogP contribution >= 0.6 is 15.9 Å². The van der Waals surface area contributed by atoms with E-state index in [0.717, 1.165) is 6.20 Å². The fourth-order valence-corrected chi connectivity index (χ4v) is 2.16. The summed E-state index contributed by atoms with van der Waals surface area (Å²) in [4.78, 5) is 27.8. The fraction of sp³-hybridized carbons (Fsp3) is 0.300. The van der Waals surface area contributed by atoms with E-state index >= 15 is 0 Å². The molecule has 2 heterocycles. The van der Waals surface area contributed by atoms with Gasteiger partial charge in [0, 0.05) is 19.0 Å². The highest BCUT2D eigenvalue weighted by molar-refractivity contribution is 9.10. The first-order valence-corrected chi connectivity index (χ1v) is 5.69. The van der Waals surface area contributed by atoms with Crippen LogP contribution in [0.1, 0.15) is 6.42 Å². The second kappa shape index (κ2) is 4.40. The summed E-state index contributed by atoms with van der Waals surface area (Å²) in [7, 11) is 0.